The Hall–Kier alpha value is -4.03. The van der Waals surface area contributed by atoms with E-state index in [1.54, 1.807) is 12.1 Å². The van der Waals surface area contributed by atoms with Gasteiger partial charge in [0.1, 0.15) is 23.2 Å². The molecule has 0 saturated heterocycles. The molecule has 0 aromatic heterocycles. The van der Waals surface area contributed by atoms with Gasteiger partial charge in [0.25, 0.3) is 0 Å². The van der Waals surface area contributed by atoms with Crippen LogP contribution in [0.4, 0.5) is 11.4 Å². The maximum atomic E-state index is 12.1. The zero-order valence-corrected chi connectivity index (χ0v) is 19.8. The Bertz CT molecular complexity index is 1360. The molecule has 178 valence electrons. The zero-order chi connectivity index (χ0) is 24.4. The van der Waals surface area contributed by atoms with Gasteiger partial charge in [0.05, 0.1) is 19.3 Å². The number of aromatic hydroxyl groups is 1. The number of fused-ring (bicyclic) bond motifs is 2. The van der Waals surface area contributed by atoms with Gasteiger partial charge in [-0.3, -0.25) is 0 Å². The molecule has 1 aliphatic rings. The third kappa shape index (κ3) is 4.53. The van der Waals surface area contributed by atoms with Crippen LogP contribution in [0.15, 0.2) is 84.9 Å². The minimum absolute atomic E-state index is 0.107. The molecule has 5 rings (SSSR count). The number of phenolic OH excluding ortho intramolecular Hbond substituents is 1. The number of carbonyl (C=O) groups is 1. The van der Waals surface area contributed by atoms with E-state index < -0.39 is 5.97 Å². The highest BCUT2D eigenvalue weighted by Gasteiger charge is 2.28. The second kappa shape index (κ2) is 9.68. The summed E-state index contributed by atoms with van der Waals surface area (Å²) < 4.78 is 11.2. The number of phenols is 1. The molecule has 0 spiro atoms. The summed E-state index contributed by atoms with van der Waals surface area (Å²) in [4.78, 5) is 14.3. The zero-order valence-electron chi connectivity index (χ0n) is 19.8. The van der Waals surface area contributed by atoms with E-state index in [4.69, 9.17) is 9.47 Å². The van der Waals surface area contributed by atoms with Crippen LogP contribution < -0.4 is 15.0 Å². The second-order valence-electron chi connectivity index (χ2n) is 8.71. The van der Waals surface area contributed by atoms with E-state index in [0.29, 0.717) is 13.1 Å². The quantitative estimate of drug-likeness (QED) is 0.360. The summed E-state index contributed by atoms with van der Waals surface area (Å²) in [6, 6.07) is 27.7. The molecule has 0 fully saturated rings. The van der Waals surface area contributed by atoms with Crippen LogP contribution in [0.2, 0.25) is 0 Å². The highest BCUT2D eigenvalue weighted by Crippen LogP contribution is 2.39. The summed E-state index contributed by atoms with van der Waals surface area (Å²) in [6.45, 7) is 3.38. The molecule has 35 heavy (non-hydrogen) atoms. The van der Waals surface area contributed by atoms with Crippen molar-refractivity contribution in [2.45, 2.75) is 19.1 Å². The fraction of sp³-hybridized carbons (Fsp3) is 0.207. The van der Waals surface area contributed by atoms with Crippen LogP contribution in [0.5, 0.6) is 11.5 Å². The third-order valence-corrected chi connectivity index (χ3v) is 6.47. The SMILES string of the molecule is COC(=O)c1cc(N2CC(CNC(C)c3cccc4ccccc34)Oc3ccccc32)ccc1O. The van der Waals surface area contributed by atoms with Crippen molar-refractivity contribution in [1.29, 1.82) is 0 Å². The van der Waals surface area contributed by atoms with E-state index in [9.17, 15) is 9.90 Å². The summed E-state index contributed by atoms with van der Waals surface area (Å²) in [5, 5.41) is 16.3. The van der Waals surface area contributed by atoms with Gasteiger partial charge in [-0.15, -0.1) is 0 Å². The van der Waals surface area contributed by atoms with Crippen LogP contribution in [-0.2, 0) is 4.74 Å². The molecule has 0 radical (unpaired) electrons. The molecular weight excluding hydrogens is 440 g/mol. The first-order chi connectivity index (χ1) is 17.0. The van der Waals surface area contributed by atoms with E-state index in [1.165, 1.54) is 29.5 Å². The fourth-order valence-corrected chi connectivity index (χ4v) is 4.66. The predicted molar refractivity (Wildman–Crippen MR) is 138 cm³/mol. The van der Waals surface area contributed by atoms with Gasteiger partial charge in [-0.2, -0.15) is 0 Å². The Balaban J connectivity index is 1.39. The molecule has 0 bridgehead atoms. The Kier molecular flexibility index (Phi) is 6.29. The van der Waals surface area contributed by atoms with Gasteiger partial charge < -0.3 is 24.8 Å². The van der Waals surface area contributed by atoms with Gasteiger partial charge in [0, 0.05) is 18.3 Å². The van der Waals surface area contributed by atoms with Crippen molar-refractivity contribution in [3.63, 3.8) is 0 Å². The summed E-state index contributed by atoms with van der Waals surface area (Å²) in [7, 11) is 1.30. The first-order valence-electron chi connectivity index (χ1n) is 11.7. The van der Waals surface area contributed by atoms with Crippen LogP contribution in [0, 0.1) is 0 Å². The molecule has 4 aromatic rings. The van der Waals surface area contributed by atoms with Crippen LogP contribution in [-0.4, -0.2) is 37.4 Å². The minimum Gasteiger partial charge on any atom is -0.507 e. The number of benzene rings is 4. The maximum absolute atomic E-state index is 12.1. The van der Waals surface area contributed by atoms with Crippen molar-refractivity contribution in [3.05, 3.63) is 96.1 Å². The molecule has 2 N–H and O–H groups in total. The Morgan fingerprint density at radius 1 is 1.09 bits per heavy atom. The number of carbonyl (C=O) groups excluding carboxylic acids is 1. The molecule has 0 amide bonds. The third-order valence-electron chi connectivity index (χ3n) is 6.47. The second-order valence-corrected chi connectivity index (χ2v) is 8.71. The van der Waals surface area contributed by atoms with Gasteiger partial charge >= 0.3 is 5.97 Å². The fourth-order valence-electron chi connectivity index (χ4n) is 4.66. The predicted octanol–water partition coefficient (Wildman–Crippen LogP) is 5.58. The maximum Gasteiger partial charge on any atom is 0.341 e. The molecular formula is C29H28N2O4. The molecule has 1 aliphatic heterocycles. The molecule has 6 heteroatoms. The molecule has 2 atom stereocenters. The first kappa shape index (κ1) is 22.7. The van der Waals surface area contributed by atoms with E-state index in [-0.39, 0.29) is 23.5 Å². The van der Waals surface area contributed by atoms with E-state index in [2.05, 4.69) is 59.6 Å². The highest BCUT2D eigenvalue weighted by atomic mass is 16.5. The number of anilines is 2. The van der Waals surface area contributed by atoms with Crippen LogP contribution in [0.1, 0.15) is 28.9 Å². The van der Waals surface area contributed by atoms with Crippen molar-refractivity contribution >= 4 is 28.1 Å². The van der Waals surface area contributed by atoms with Gasteiger partial charge in [-0.05, 0) is 53.6 Å². The lowest BCUT2D eigenvalue weighted by molar-refractivity contribution is 0.0597. The number of nitrogens with one attached hydrogen (secondary N) is 1. The van der Waals surface area contributed by atoms with Gasteiger partial charge in [-0.1, -0.05) is 54.6 Å². The number of hydrogen-bond acceptors (Lipinski definition) is 6. The van der Waals surface area contributed by atoms with Crippen molar-refractivity contribution in [1.82, 2.24) is 5.32 Å². The number of esters is 1. The topological polar surface area (TPSA) is 71.0 Å². The van der Waals surface area contributed by atoms with Crippen LogP contribution >= 0.6 is 0 Å². The molecule has 2 unspecified atom stereocenters. The number of nitrogens with zero attached hydrogens (tertiary/aromatic N) is 1. The van der Waals surface area contributed by atoms with E-state index >= 15 is 0 Å². The van der Waals surface area contributed by atoms with E-state index in [0.717, 1.165) is 17.1 Å². The van der Waals surface area contributed by atoms with Crippen molar-refractivity contribution in [3.8, 4) is 11.5 Å². The standard InChI is InChI=1S/C29H28N2O4/c1-19(23-11-7-9-20-8-3-4-10-24(20)23)30-17-22-18-31(26-12-5-6-13-28(26)35-22)21-14-15-27(32)25(16-21)29(33)34-2/h3-16,19,22,30,32H,17-18H2,1-2H3. The number of para-hydroxylation sites is 2. The van der Waals surface area contributed by atoms with Crippen molar-refractivity contribution in [2.24, 2.45) is 0 Å². The summed E-state index contributed by atoms with van der Waals surface area (Å²) in [5.41, 5.74) is 3.07. The lowest BCUT2D eigenvalue weighted by atomic mass is 9.99. The van der Waals surface area contributed by atoms with Crippen LogP contribution in [0.25, 0.3) is 10.8 Å². The van der Waals surface area contributed by atoms with Gasteiger partial charge in [0.2, 0.25) is 0 Å². The summed E-state index contributed by atoms with van der Waals surface area (Å²) >= 11 is 0. The van der Waals surface area contributed by atoms with Gasteiger partial charge in [-0.25, -0.2) is 4.79 Å². The van der Waals surface area contributed by atoms with Crippen molar-refractivity contribution < 1.29 is 19.4 Å². The summed E-state index contributed by atoms with van der Waals surface area (Å²) in [6.07, 6.45) is -0.127. The Morgan fingerprint density at radius 2 is 1.86 bits per heavy atom. The largest absolute Gasteiger partial charge is 0.507 e. The molecule has 0 aliphatic carbocycles. The normalized spacial score (nSPS) is 15.8. The van der Waals surface area contributed by atoms with E-state index in [1.807, 2.05) is 24.3 Å². The molecule has 0 saturated carbocycles. The smallest absolute Gasteiger partial charge is 0.341 e. The monoisotopic (exact) mass is 468 g/mol. The van der Waals surface area contributed by atoms with Crippen molar-refractivity contribution in [2.75, 3.05) is 25.1 Å². The first-order valence-corrected chi connectivity index (χ1v) is 11.7. The number of hydrogen-bond donors (Lipinski definition) is 2. The lowest BCUT2D eigenvalue weighted by Crippen LogP contribution is -2.44. The highest BCUT2D eigenvalue weighted by molar-refractivity contribution is 5.94. The number of rotatable bonds is 6. The minimum atomic E-state index is -0.576. The average molecular weight is 469 g/mol. The molecule has 6 nitrogen and oxygen atoms in total. The van der Waals surface area contributed by atoms with Gasteiger partial charge in [0.15, 0.2) is 0 Å². The Morgan fingerprint density at radius 3 is 2.71 bits per heavy atom. The Labute approximate surface area is 204 Å². The molecule has 4 aromatic carbocycles. The average Bonchev–Trinajstić information content (AvgIpc) is 2.90. The molecule has 1 heterocycles. The number of ether oxygens (including phenoxy) is 2. The number of methoxy groups -OCH3 is 1. The lowest BCUT2D eigenvalue weighted by Gasteiger charge is -2.37. The summed E-state index contributed by atoms with van der Waals surface area (Å²) in [5.74, 6) is 0.0911. The van der Waals surface area contributed by atoms with Crippen LogP contribution in [0.3, 0.4) is 0 Å².